The molecule has 1 radical (unpaired) electrons. The van der Waals surface area contributed by atoms with Crippen LogP contribution < -0.4 is 0 Å². The molecule has 73 valence electrons. The number of rotatable bonds is 6. The van der Waals surface area contributed by atoms with E-state index in [4.69, 9.17) is 0 Å². The molecule has 0 N–H and O–H groups in total. The molecule has 0 nitrogen and oxygen atoms in total. The maximum absolute atomic E-state index is 2.29. The standard InChI is InChI=1S/C10H21.CH3.Y/c1-4-6-7-9-10(3)8-5-2;;/h4-9H2,1-3H3;1H3;/q2*-1;. The Morgan fingerprint density at radius 3 is 1.92 bits per heavy atom. The summed E-state index contributed by atoms with van der Waals surface area (Å²) in [5.74, 6) is 1.69. The van der Waals surface area contributed by atoms with Gasteiger partial charge >= 0.3 is 0 Å². The van der Waals surface area contributed by atoms with Gasteiger partial charge in [0.2, 0.25) is 0 Å². The Hall–Kier alpha value is 1.10. The summed E-state index contributed by atoms with van der Waals surface area (Å²) in [6, 6.07) is 0. The molecule has 0 rings (SSSR count). The van der Waals surface area contributed by atoms with Crippen LogP contribution >= 0.6 is 0 Å². The first-order valence-corrected chi connectivity index (χ1v) is 4.62. The Bertz CT molecular complexity index is 62.0. The molecule has 0 atom stereocenters. The molecule has 0 heterocycles. The number of hydrogen-bond donors (Lipinski definition) is 0. The van der Waals surface area contributed by atoms with Crippen LogP contribution in [0, 0.1) is 13.3 Å². The van der Waals surface area contributed by atoms with E-state index in [1.54, 1.807) is 5.92 Å². The van der Waals surface area contributed by atoms with Crippen LogP contribution in [-0.2, 0) is 32.7 Å². The van der Waals surface area contributed by atoms with Crippen molar-refractivity contribution >= 4 is 0 Å². The molecule has 0 aromatic rings. The van der Waals surface area contributed by atoms with E-state index in [1.807, 2.05) is 0 Å². The Labute approximate surface area is 105 Å². The predicted molar refractivity (Wildman–Crippen MR) is 54.4 cm³/mol. The van der Waals surface area contributed by atoms with Gasteiger partial charge in [-0.1, -0.05) is 39.5 Å². The van der Waals surface area contributed by atoms with E-state index in [9.17, 15) is 0 Å². The summed E-state index contributed by atoms with van der Waals surface area (Å²) in [6.07, 6.45) is 8.17. The third-order valence-electron chi connectivity index (χ3n) is 1.88. The summed E-state index contributed by atoms with van der Waals surface area (Å²) in [5, 5.41) is 0. The minimum atomic E-state index is 0. The van der Waals surface area contributed by atoms with Crippen molar-refractivity contribution in [1.29, 1.82) is 0 Å². The van der Waals surface area contributed by atoms with Gasteiger partial charge < -0.3 is 13.3 Å². The quantitative estimate of drug-likeness (QED) is 0.480. The second-order valence-electron chi connectivity index (χ2n) is 3.16. The fraction of sp³-hybridized carbons (Fsp3) is 0.818. The van der Waals surface area contributed by atoms with Crippen molar-refractivity contribution in [3.8, 4) is 0 Å². The van der Waals surface area contributed by atoms with Gasteiger partial charge in [-0.2, -0.15) is 19.8 Å². The van der Waals surface area contributed by atoms with Crippen LogP contribution in [0.1, 0.15) is 59.3 Å². The van der Waals surface area contributed by atoms with Gasteiger partial charge in [0.05, 0.1) is 0 Å². The van der Waals surface area contributed by atoms with Crippen molar-refractivity contribution in [3.05, 3.63) is 13.3 Å². The average molecular weight is 245 g/mol. The molecule has 0 saturated heterocycles. The zero-order valence-electron chi connectivity index (χ0n) is 9.32. The van der Waals surface area contributed by atoms with E-state index in [0.29, 0.717) is 0 Å². The zero-order valence-corrected chi connectivity index (χ0v) is 12.2. The van der Waals surface area contributed by atoms with Crippen molar-refractivity contribution in [1.82, 2.24) is 0 Å². The molecule has 0 aliphatic heterocycles. The molecule has 12 heavy (non-hydrogen) atoms. The summed E-state index contributed by atoms with van der Waals surface area (Å²) in [5.41, 5.74) is 0. The SMILES string of the molecule is CCCCC[C-](C)CCC.[CH3-].[Y]. The van der Waals surface area contributed by atoms with Gasteiger partial charge in [0, 0.05) is 32.7 Å². The van der Waals surface area contributed by atoms with E-state index in [-0.39, 0.29) is 40.1 Å². The van der Waals surface area contributed by atoms with E-state index in [0.717, 1.165) is 0 Å². The predicted octanol–water partition coefficient (Wildman–Crippen LogP) is 4.41. The second-order valence-corrected chi connectivity index (χ2v) is 3.16. The number of hydrogen-bond acceptors (Lipinski definition) is 0. The second kappa shape index (κ2) is 14.6. The molecule has 0 spiro atoms. The van der Waals surface area contributed by atoms with E-state index < -0.39 is 0 Å². The molecule has 0 aromatic carbocycles. The minimum Gasteiger partial charge on any atom is -0.358 e. The molecule has 0 aliphatic rings. The maximum Gasteiger partial charge on any atom is 0 e. The fourth-order valence-corrected chi connectivity index (χ4v) is 1.23. The molecule has 0 fully saturated rings. The Morgan fingerprint density at radius 1 is 0.917 bits per heavy atom. The van der Waals surface area contributed by atoms with Crippen LogP contribution in [0.3, 0.4) is 0 Å². The largest absolute Gasteiger partial charge is 0.358 e. The molecule has 0 saturated carbocycles. The molecule has 1 heteroatoms. The summed E-state index contributed by atoms with van der Waals surface area (Å²) < 4.78 is 0. The van der Waals surface area contributed by atoms with E-state index in [1.165, 1.54) is 38.5 Å². The number of unbranched alkanes of at least 4 members (excludes halogenated alkanes) is 2. The molecule has 0 aliphatic carbocycles. The van der Waals surface area contributed by atoms with Crippen molar-refractivity contribution in [2.24, 2.45) is 0 Å². The molecular weight excluding hydrogens is 221 g/mol. The zero-order chi connectivity index (χ0) is 7.82. The van der Waals surface area contributed by atoms with Gasteiger partial charge in [-0.25, -0.2) is 0 Å². The Morgan fingerprint density at radius 2 is 1.50 bits per heavy atom. The molecular formula is C11H24Y-2. The molecule has 0 aromatic heterocycles. The fourth-order valence-electron chi connectivity index (χ4n) is 1.23. The average Bonchev–Trinajstić information content (AvgIpc) is 1.89. The van der Waals surface area contributed by atoms with Gasteiger partial charge in [0.1, 0.15) is 0 Å². The van der Waals surface area contributed by atoms with Crippen molar-refractivity contribution < 1.29 is 32.7 Å². The van der Waals surface area contributed by atoms with Crippen LogP contribution in [-0.4, -0.2) is 0 Å². The Balaban J connectivity index is -0.000000405. The first-order valence-electron chi connectivity index (χ1n) is 4.62. The first-order chi connectivity index (χ1) is 4.81. The van der Waals surface area contributed by atoms with Crippen molar-refractivity contribution in [3.63, 3.8) is 0 Å². The third-order valence-corrected chi connectivity index (χ3v) is 1.88. The smallest absolute Gasteiger partial charge is 0 e. The third kappa shape index (κ3) is 13.7. The molecule has 0 unspecified atom stereocenters. The van der Waals surface area contributed by atoms with Crippen LogP contribution in [0.15, 0.2) is 0 Å². The topological polar surface area (TPSA) is 0 Å². The summed E-state index contributed by atoms with van der Waals surface area (Å²) in [4.78, 5) is 0. The maximum atomic E-state index is 2.29. The minimum absolute atomic E-state index is 0. The van der Waals surface area contributed by atoms with Gasteiger partial charge in [-0.15, -0.1) is 0 Å². The van der Waals surface area contributed by atoms with Crippen LogP contribution in [0.2, 0.25) is 0 Å². The van der Waals surface area contributed by atoms with Gasteiger partial charge in [-0.05, 0) is 0 Å². The molecule has 0 bridgehead atoms. The van der Waals surface area contributed by atoms with Gasteiger partial charge in [-0.3, -0.25) is 0 Å². The summed E-state index contributed by atoms with van der Waals surface area (Å²) in [7, 11) is 0. The van der Waals surface area contributed by atoms with Crippen molar-refractivity contribution in [2.75, 3.05) is 0 Å². The van der Waals surface area contributed by atoms with Crippen LogP contribution in [0.4, 0.5) is 0 Å². The van der Waals surface area contributed by atoms with Crippen LogP contribution in [0.25, 0.3) is 0 Å². The Kier molecular flexibility index (Phi) is 22.9. The van der Waals surface area contributed by atoms with Gasteiger partial charge in [0.25, 0.3) is 0 Å². The van der Waals surface area contributed by atoms with E-state index in [2.05, 4.69) is 20.8 Å². The monoisotopic (exact) mass is 245 g/mol. The molecule has 0 amide bonds. The summed E-state index contributed by atoms with van der Waals surface area (Å²) in [6.45, 7) is 6.80. The van der Waals surface area contributed by atoms with Crippen molar-refractivity contribution in [2.45, 2.75) is 59.3 Å². The van der Waals surface area contributed by atoms with E-state index >= 15 is 0 Å². The summed E-state index contributed by atoms with van der Waals surface area (Å²) >= 11 is 0. The normalized spacial score (nSPS) is 9.00. The van der Waals surface area contributed by atoms with Gasteiger partial charge in [0.15, 0.2) is 0 Å². The van der Waals surface area contributed by atoms with Crippen LogP contribution in [0.5, 0.6) is 0 Å². The first kappa shape index (κ1) is 18.8.